The average molecular weight is 251 g/mol. The molecule has 0 amide bonds. The molecular weight excluding hydrogens is 229 g/mol. The first kappa shape index (κ1) is 13.5. The number of halogens is 1. The van der Waals surface area contributed by atoms with Crippen molar-refractivity contribution in [2.45, 2.75) is 45.6 Å². The molecule has 100 valence electrons. The third kappa shape index (κ3) is 2.89. The van der Waals surface area contributed by atoms with Crippen molar-refractivity contribution in [3.8, 4) is 0 Å². The number of hydrogen-bond donors (Lipinski definition) is 1. The van der Waals surface area contributed by atoms with E-state index in [0.717, 1.165) is 31.6 Å². The number of nitrogens with zero attached hydrogens (tertiary/aromatic N) is 1. The molecule has 3 heteroatoms. The first-order valence-electron chi connectivity index (χ1n) is 6.87. The Balaban J connectivity index is 2.00. The lowest BCUT2D eigenvalue weighted by Gasteiger charge is -2.33. The van der Waals surface area contributed by atoms with E-state index in [1.807, 2.05) is 0 Å². The fourth-order valence-electron chi connectivity index (χ4n) is 3.01. The molecule has 0 aromatic carbocycles. The van der Waals surface area contributed by atoms with Gasteiger partial charge >= 0.3 is 0 Å². The molecule has 1 fully saturated rings. The van der Waals surface area contributed by atoms with Crippen LogP contribution >= 0.6 is 0 Å². The van der Waals surface area contributed by atoms with Gasteiger partial charge in [0.05, 0.1) is 12.3 Å². The SMILES string of the molecule is CC(C)C1CCC(C(O)c2ccncc2F)CC1. The Morgan fingerprint density at radius 3 is 2.39 bits per heavy atom. The number of hydrogen-bond acceptors (Lipinski definition) is 2. The number of rotatable bonds is 3. The largest absolute Gasteiger partial charge is 0.388 e. The van der Waals surface area contributed by atoms with Gasteiger partial charge in [-0.15, -0.1) is 0 Å². The molecule has 0 aliphatic heterocycles. The summed E-state index contributed by atoms with van der Waals surface area (Å²) in [5.41, 5.74) is 0.401. The Labute approximate surface area is 108 Å². The smallest absolute Gasteiger partial charge is 0.147 e. The van der Waals surface area contributed by atoms with Gasteiger partial charge in [0.15, 0.2) is 0 Å². The van der Waals surface area contributed by atoms with Gasteiger partial charge in [-0.25, -0.2) is 4.39 Å². The highest BCUT2D eigenvalue weighted by molar-refractivity contribution is 5.16. The molecule has 1 unspecified atom stereocenters. The minimum Gasteiger partial charge on any atom is -0.388 e. The summed E-state index contributed by atoms with van der Waals surface area (Å²) in [5, 5.41) is 10.3. The topological polar surface area (TPSA) is 33.1 Å². The van der Waals surface area contributed by atoms with Crippen LogP contribution in [0.2, 0.25) is 0 Å². The third-order valence-corrected chi connectivity index (χ3v) is 4.33. The maximum Gasteiger partial charge on any atom is 0.147 e. The fraction of sp³-hybridized carbons (Fsp3) is 0.667. The summed E-state index contributed by atoms with van der Waals surface area (Å²) in [4.78, 5) is 3.72. The van der Waals surface area contributed by atoms with Crippen LogP contribution in [-0.2, 0) is 0 Å². The number of aliphatic hydroxyl groups excluding tert-OH is 1. The van der Waals surface area contributed by atoms with Crippen molar-refractivity contribution in [2.24, 2.45) is 17.8 Å². The summed E-state index contributed by atoms with van der Waals surface area (Å²) in [7, 11) is 0. The van der Waals surface area contributed by atoms with Crippen LogP contribution in [0.3, 0.4) is 0 Å². The molecule has 0 spiro atoms. The van der Waals surface area contributed by atoms with Crippen molar-refractivity contribution in [1.29, 1.82) is 0 Å². The number of aliphatic hydroxyl groups is 1. The Bertz CT molecular complexity index is 386. The molecule has 18 heavy (non-hydrogen) atoms. The summed E-state index contributed by atoms with van der Waals surface area (Å²) < 4.78 is 13.6. The molecule has 2 nitrogen and oxygen atoms in total. The minimum atomic E-state index is -0.680. The van der Waals surface area contributed by atoms with Crippen molar-refractivity contribution in [3.63, 3.8) is 0 Å². The van der Waals surface area contributed by atoms with E-state index in [-0.39, 0.29) is 5.92 Å². The van der Waals surface area contributed by atoms with Crippen LogP contribution in [0.1, 0.15) is 51.2 Å². The maximum atomic E-state index is 13.6. The summed E-state index contributed by atoms with van der Waals surface area (Å²) >= 11 is 0. The molecule has 0 radical (unpaired) electrons. The first-order valence-corrected chi connectivity index (χ1v) is 6.87. The van der Waals surface area contributed by atoms with Crippen molar-refractivity contribution in [1.82, 2.24) is 4.98 Å². The van der Waals surface area contributed by atoms with Crippen molar-refractivity contribution >= 4 is 0 Å². The molecule has 1 aliphatic rings. The van der Waals surface area contributed by atoms with E-state index in [9.17, 15) is 9.50 Å². The van der Waals surface area contributed by atoms with E-state index in [1.165, 1.54) is 6.20 Å². The Hall–Kier alpha value is -0.960. The molecule has 1 saturated carbocycles. The zero-order chi connectivity index (χ0) is 13.1. The van der Waals surface area contributed by atoms with E-state index < -0.39 is 11.9 Å². The predicted octanol–water partition coefficient (Wildman–Crippen LogP) is 3.72. The third-order valence-electron chi connectivity index (χ3n) is 4.33. The summed E-state index contributed by atoms with van der Waals surface area (Å²) in [5.74, 6) is 1.27. The molecule has 1 heterocycles. The van der Waals surface area contributed by atoms with E-state index in [0.29, 0.717) is 11.5 Å². The summed E-state index contributed by atoms with van der Waals surface area (Å²) in [6.07, 6.45) is 6.32. The maximum absolute atomic E-state index is 13.6. The highest BCUT2D eigenvalue weighted by Gasteiger charge is 2.29. The summed E-state index contributed by atoms with van der Waals surface area (Å²) in [6.45, 7) is 4.51. The first-order chi connectivity index (χ1) is 8.59. The van der Waals surface area contributed by atoms with Gasteiger partial charge in [-0.1, -0.05) is 13.8 Å². The van der Waals surface area contributed by atoms with Gasteiger partial charge in [0, 0.05) is 11.8 Å². The molecule has 0 saturated heterocycles. The molecule has 2 rings (SSSR count). The van der Waals surface area contributed by atoms with Gasteiger partial charge in [-0.05, 0) is 49.5 Å². The number of aromatic nitrogens is 1. The molecule has 1 aliphatic carbocycles. The molecule has 1 aromatic rings. The monoisotopic (exact) mass is 251 g/mol. The second-order valence-corrected chi connectivity index (χ2v) is 5.76. The Morgan fingerprint density at radius 1 is 1.22 bits per heavy atom. The van der Waals surface area contributed by atoms with Crippen LogP contribution in [0, 0.1) is 23.6 Å². The lowest BCUT2D eigenvalue weighted by Crippen LogP contribution is -2.23. The van der Waals surface area contributed by atoms with Gasteiger partial charge in [0.2, 0.25) is 0 Å². The van der Waals surface area contributed by atoms with Gasteiger partial charge < -0.3 is 5.11 Å². The zero-order valence-corrected chi connectivity index (χ0v) is 11.1. The number of pyridine rings is 1. The molecule has 1 N–H and O–H groups in total. The molecule has 1 atom stereocenters. The van der Waals surface area contributed by atoms with Crippen LogP contribution in [0.15, 0.2) is 18.5 Å². The summed E-state index contributed by atoms with van der Waals surface area (Å²) in [6, 6.07) is 1.59. The standard InChI is InChI=1S/C15H22FNO/c1-10(2)11-3-5-12(6-4-11)15(18)13-7-8-17-9-14(13)16/h7-12,15,18H,3-6H2,1-2H3. The molecule has 1 aromatic heterocycles. The van der Waals surface area contributed by atoms with Crippen LogP contribution in [0.25, 0.3) is 0 Å². The van der Waals surface area contributed by atoms with E-state index >= 15 is 0 Å². The predicted molar refractivity (Wildman–Crippen MR) is 69.4 cm³/mol. The quantitative estimate of drug-likeness (QED) is 0.888. The normalized spacial score (nSPS) is 26.3. The van der Waals surface area contributed by atoms with Crippen LogP contribution < -0.4 is 0 Å². The van der Waals surface area contributed by atoms with E-state index in [2.05, 4.69) is 18.8 Å². The van der Waals surface area contributed by atoms with Crippen LogP contribution in [0.4, 0.5) is 4.39 Å². The van der Waals surface area contributed by atoms with Crippen molar-refractivity contribution in [2.75, 3.05) is 0 Å². The second-order valence-electron chi connectivity index (χ2n) is 5.76. The highest BCUT2D eigenvalue weighted by Crippen LogP contribution is 2.39. The lowest BCUT2D eigenvalue weighted by atomic mass is 9.74. The Morgan fingerprint density at radius 2 is 1.83 bits per heavy atom. The fourth-order valence-corrected chi connectivity index (χ4v) is 3.01. The molecule has 0 bridgehead atoms. The van der Waals surface area contributed by atoms with E-state index in [4.69, 9.17) is 0 Å². The lowest BCUT2D eigenvalue weighted by molar-refractivity contribution is 0.0640. The van der Waals surface area contributed by atoms with Crippen LogP contribution in [0.5, 0.6) is 0 Å². The van der Waals surface area contributed by atoms with Gasteiger partial charge in [-0.3, -0.25) is 4.98 Å². The highest BCUT2D eigenvalue weighted by atomic mass is 19.1. The minimum absolute atomic E-state index is 0.192. The zero-order valence-electron chi connectivity index (χ0n) is 11.1. The van der Waals surface area contributed by atoms with Crippen molar-refractivity contribution in [3.05, 3.63) is 29.8 Å². The van der Waals surface area contributed by atoms with Crippen LogP contribution in [-0.4, -0.2) is 10.1 Å². The van der Waals surface area contributed by atoms with Gasteiger partial charge in [0.25, 0.3) is 0 Å². The van der Waals surface area contributed by atoms with Gasteiger partial charge in [0.1, 0.15) is 5.82 Å². The van der Waals surface area contributed by atoms with Gasteiger partial charge in [-0.2, -0.15) is 0 Å². The second kappa shape index (κ2) is 5.79. The van der Waals surface area contributed by atoms with E-state index in [1.54, 1.807) is 12.3 Å². The Kier molecular flexibility index (Phi) is 4.33. The van der Waals surface area contributed by atoms with Crippen molar-refractivity contribution < 1.29 is 9.50 Å². The molecular formula is C15H22FNO. The average Bonchev–Trinajstić information content (AvgIpc) is 2.38.